The molecule has 3 aromatic rings. The number of aliphatic hydroxyl groups is 1. The maximum atomic E-state index is 8.97. The zero-order valence-electron chi connectivity index (χ0n) is 14.8. The zero-order valence-corrected chi connectivity index (χ0v) is 15.6. The van der Waals surface area contributed by atoms with E-state index >= 15 is 0 Å². The van der Waals surface area contributed by atoms with Crippen LogP contribution in [-0.4, -0.2) is 17.5 Å². The van der Waals surface area contributed by atoms with Crippen LogP contribution in [-0.2, 0) is 4.75 Å². The van der Waals surface area contributed by atoms with E-state index in [1.54, 1.807) is 0 Å². The molecule has 26 heavy (non-hydrogen) atoms. The number of aliphatic hydroxyl groups excluding tert-OH is 1. The molecule has 132 valence electrons. The van der Waals surface area contributed by atoms with Gasteiger partial charge in [-0.25, -0.2) is 0 Å². The van der Waals surface area contributed by atoms with Gasteiger partial charge in [0.15, 0.2) is 0 Å². The fraction of sp³-hybridized carbons (Fsp3) is 0.167. The molecule has 0 spiro atoms. The minimum Gasteiger partial charge on any atom is -0.392 e. The predicted molar refractivity (Wildman–Crippen MR) is 113 cm³/mol. The van der Waals surface area contributed by atoms with E-state index in [0.29, 0.717) is 0 Å². The van der Waals surface area contributed by atoms with Crippen LogP contribution in [0, 0.1) is 0 Å². The van der Waals surface area contributed by atoms with Crippen LogP contribution in [0.25, 0.3) is 0 Å². The third-order valence-corrected chi connectivity index (χ3v) is 6.00. The van der Waals surface area contributed by atoms with E-state index in [0.717, 1.165) is 12.2 Å². The van der Waals surface area contributed by atoms with Crippen molar-refractivity contribution in [2.24, 2.45) is 0 Å². The van der Waals surface area contributed by atoms with Crippen LogP contribution in [0.1, 0.15) is 23.1 Å². The number of benzene rings is 3. The lowest BCUT2D eigenvalue weighted by molar-refractivity contribution is 0.342. The lowest BCUT2D eigenvalue weighted by Crippen LogP contribution is -2.26. The molecule has 0 unspecified atom stereocenters. The van der Waals surface area contributed by atoms with Crippen LogP contribution in [0.15, 0.2) is 103 Å². The van der Waals surface area contributed by atoms with E-state index in [1.165, 1.54) is 16.7 Å². The molecular weight excluding hydrogens is 336 g/mol. The fourth-order valence-electron chi connectivity index (χ4n) is 3.24. The topological polar surface area (TPSA) is 20.2 Å². The number of hydrogen-bond donors (Lipinski definition) is 1. The lowest BCUT2D eigenvalue weighted by Gasteiger charge is -2.35. The molecule has 0 aliphatic carbocycles. The van der Waals surface area contributed by atoms with Gasteiger partial charge in [-0.2, -0.15) is 0 Å². The maximum absolute atomic E-state index is 8.97. The summed E-state index contributed by atoms with van der Waals surface area (Å²) in [6.45, 7) is 0.103. The van der Waals surface area contributed by atoms with Crippen molar-refractivity contribution in [3.8, 4) is 0 Å². The summed E-state index contributed by atoms with van der Waals surface area (Å²) in [6, 6.07) is 32.2. The minimum absolute atomic E-state index is 0.103. The number of rotatable bonds is 8. The zero-order chi connectivity index (χ0) is 18.1. The molecule has 3 rings (SSSR count). The molecule has 0 bridgehead atoms. The molecule has 2 heteroatoms. The van der Waals surface area contributed by atoms with Crippen molar-refractivity contribution in [2.45, 2.75) is 11.2 Å². The highest BCUT2D eigenvalue weighted by molar-refractivity contribution is 8.00. The van der Waals surface area contributed by atoms with Crippen molar-refractivity contribution in [1.29, 1.82) is 0 Å². The first kappa shape index (κ1) is 18.5. The van der Waals surface area contributed by atoms with E-state index in [2.05, 4.69) is 97.1 Å². The summed E-state index contributed by atoms with van der Waals surface area (Å²) in [4.78, 5) is 0. The summed E-state index contributed by atoms with van der Waals surface area (Å²) in [6.07, 6.45) is 4.80. The van der Waals surface area contributed by atoms with Crippen LogP contribution < -0.4 is 0 Å². The molecule has 1 nitrogen and oxygen atoms in total. The molecule has 0 saturated carbocycles. The van der Waals surface area contributed by atoms with Gasteiger partial charge in [-0.3, -0.25) is 0 Å². The first-order valence-electron chi connectivity index (χ1n) is 8.94. The molecule has 0 aromatic heterocycles. The Bertz CT molecular complexity index is 701. The normalized spacial score (nSPS) is 11.7. The third kappa shape index (κ3) is 4.09. The highest BCUT2D eigenvalue weighted by Crippen LogP contribution is 2.48. The smallest absolute Gasteiger partial charge is 0.0907 e. The second-order valence-electron chi connectivity index (χ2n) is 6.07. The van der Waals surface area contributed by atoms with Gasteiger partial charge in [0.2, 0.25) is 0 Å². The first-order chi connectivity index (χ1) is 12.9. The Morgan fingerprint density at radius 1 is 0.654 bits per heavy atom. The van der Waals surface area contributed by atoms with Crippen molar-refractivity contribution in [1.82, 2.24) is 0 Å². The molecule has 0 aliphatic rings. The van der Waals surface area contributed by atoms with Gasteiger partial charge in [-0.15, -0.1) is 11.8 Å². The number of allylic oxidation sites excluding steroid dienone is 1. The van der Waals surface area contributed by atoms with E-state index in [-0.39, 0.29) is 11.4 Å². The van der Waals surface area contributed by atoms with Crippen LogP contribution in [0.4, 0.5) is 0 Å². The third-order valence-electron chi connectivity index (χ3n) is 4.42. The van der Waals surface area contributed by atoms with Gasteiger partial charge in [0.25, 0.3) is 0 Å². The molecule has 0 radical (unpaired) electrons. The number of hydrogen-bond acceptors (Lipinski definition) is 2. The molecule has 0 saturated heterocycles. The van der Waals surface area contributed by atoms with Gasteiger partial charge >= 0.3 is 0 Å². The molecule has 0 fully saturated rings. The molecule has 1 N–H and O–H groups in total. The Morgan fingerprint density at radius 3 is 1.46 bits per heavy atom. The summed E-state index contributed by atoms with van der Waals surface area (Å²) in [7, 11) is 0. The van der Waals surface area contributed by atoms with E-state index in [9.17, 15) is 0 Å². The van der Waals surface area contributed by atoms with Crippen LogP contribution in [0.5, 0.6) is 0 Å². The number of thioether (sulfide) groups is 1. The second-order valence-corrected chi connectivity index (χ2v) is 7.38. The second kappa shape index (κ2) is 9.42. The predicted octanol–water partition coefficient (Wildman–Crippen LogP) is 5.65. The Kier molecular flexibility index (Phi) is 6.70. The first-order valence-corrected chi connectivity index (χ1v) is 9.93. The van der Waals surface area contributed by atoms with Crippen molar-refractivity contribution in [2.75, 3.05) is 12.4 Å². The summed E-state index contributed by atoms with van der Waals surface area (Å²) in [5.74, 6) is 0.967. The minimum atomic E-state index is -0.253. The average molecular weight is 361 g/mol. The van der Waals surface area contributed by atoms with Crippen molar-refractivity contribution in [3.05, 3.63) is 120 Å². The van der Waals surface area contributed by atoms with Gasteiger partial charge in [0.05, 0.1) is 11.4 Å². The molecule has 0 aliphatic heterocycles. The average Bonchev–Trinajstić information content (AvgIpc) is 2.73. The van der Waals surface area contributed by atoms with Crippen LogP contribution >= 0.6 is 11.8 Å². The van der Waals surface area contributed by atoms with E-state index < -0.39 is 0 Å². The Hall–Kier alpha value is -2.29. The van der Waals surface area contributed by atoms with E-state index in [4.69, 9.17) is 5.11 Å². The van der Waals surface area contributed by atoms with Crippen molar-refractivity contribution in [3.63, 3.8) is 0 Å². The summed E-state index contributed by atoms with van der Waals surface area (Å²) in [5, 5.41) is 8.97. The van der Waals surface area contributed by atoms with Gasteiger partial charge in [-0.05, 0) is 28.9 Å². The van der Waals surface area contributed by atoms with Crippen LogP contribution in [0.2, 0.25) is 0 Å². The summed E-state index contributed by atoms with van der Waals surface area (Å²) in [5.41, 5.74) is 3.86. The Labute approximate surface area is 160 Å². The van der Waals surface area contributed by atoms with Gasteiger partial charge in [0.1, 0.15) is 0 Å². The molecule has 0 amide bonds. The van der Waals surface area contributed by atoms with Crippen LogP contribution in [0.3, 0.4) is 0 Å². The fourth-order valence-corrected chi connectivity index (χ4v) is 4.71. The molecule has 0 atom stereocenters. The quantitative estimate of drug-likeness (QED) is 0.318. The highest BCUT2D eigenvalue weighted by atomic mass is 32.2. The van der Waals surface area contributed by atoms with Gasteiger partial charge < -0.3 is 5.11 Å². The lowest BCUT2D eigenvalue weighted by atomic mass is 9.84. The van der Waals surface area contributed by atoms with Crippen molar-refractivity contribution < 1.29 is 5.11 Å². The summed E-state index contributed by atoms with van der Waals surface area (Å²) < 4.78 is -0.253. The highest BCUT2D eigenvalue weighted by Gasteiger charge is 2.36. The Morgan fingerprint density at radius 2 is 1.08 bits per heavy atom. The SMILES string of the molecule is OC/C=C/CCSC(c1ccccc1)(c1ccccc1)c1ccccc1. The summed E-state index contributed by atoms with van der Waals surface area (Å²) >= 11 is 1.95. The maximum Gasteiger partial charge on any atom is 0.0907 e. The monoisotopic (exact) mass is 360 g/mol. The molecule has 3 aromatic carbocycles. The van der Waals surface area contributed by atoms with Crippen molar-refractivity contribution >= 4 is 11.8 Å². The largest absolute Gasteiger partial charge is 0.392 e. The van der Waals surface area contributed by atoms with E-state index in [1.807, 2.05) is 17.8 Å². The molecule has 0 heterocycles. The van der Waals surface area contributed by atoms with Gasteiger partial charge in [-0.1, -0.05) is 103 Å². The molecular formula is C24H24OS. The standard InChI is InChI=1S/C24H24OS/c25-19-11-4-12-20-26-24(21-13-5-1-6-14-21,22-15-7-2-8-16-22)23-17-9-3-10-18-23/h1-11,13-18,25H,12,19-20H2/b11-4+. The van der Waals surface area contributed by atoms with Gasteiger partial charge in [0, 0.05) is 0 Å². The Balaban J connectivity index is 2.10.